The smallest absolute Gasteiger partial charge is 0.323 e. The average Bonchev–Trinajstić information content (AvgIpc) is 3.61. The van der Waals surface area contributed by atoms with Crippen molar-refractivity contribution < 1.29 is 19.1 Å². The van der Waals surface area contributed by atoms with E-state index in [1.54, 1.807) is 48.7 Å². The highest BCUT2D eigenvalue weighted by atomic mass is 35.5. The van der Waals surface area contributed by atoms with Crippen LogP contribution in [0.5, 0.6) is 0 Å². The summed E-state index contributed by atoms with van der Waals surface area (Å²) in [6.45, 7) is -0.336. The first kappa shape index (κ1) is 26.5. The summed E-state index contributed by atoms with van der Waals surface area (Å²) in [4.78, 5) is 38.1. The highest BCUT2D eigenvalue weighted by molar-refractivity contribution is 6.31. The molecule has 4 aromatic rings. The Morgan fingerprint density at radius 1 is 0.974 bits per heavy atom. The van der Waals surface area contributed by atoms with Gasteiger partial charge in [-0.15, -0.1) is 0 Å². The van der Waals surface area contributed by atoms with Crippen LogP contribution in [-0.2, 0) is 16.1 Å². The maximum atomic E-state index is 13.6. The number of aromatic nitrogens is 1. The Morgan fingerprint density at radius 3 is 2.46 bits per heavy atom. The van der Waals surface area contributed by atoms with E-state index < -0.39 is 12.0 Å². The van der Waals surface area contributed by atoms with Crippen LogP contribution in [0.25, 0.3) is 10.9 Å². The van der Waals surface area contributed by atoms with Crippen LogP contribution in [0.4, 0.5) is 16.2 Å². The molecule has 4 N–H and O–H groups in total. The van der Waals surface area contributed by atoms with Gasteiger partial charge >= 0.3 is 12.0 Å². The number of hydrogen-bond acceptors (Lipinski definition) is 5. The lowest BCUT2D eigenvalue weighted by molar-refractivity contribution is -0.143. The van der Waals surface area contributed by atoms with Crippen LogP contribution in [0.2, 0.25) is 5.02 Å². The van der Waals surface area contributed by atoms with E-state index in [4.69, 9.17) is 22.1 Å². The Balaban J connectivity index is 1.38. The van der Waals surface area contributed by atoms with Gasteiger partial charge in [0.2, 0.25) is 0 Å². The molecule has 1 aliphatic carbocycles. The molecule has 0 atom stereocenters. The predicted molar refractivity (Wildman–Crippen MR) is 152 cm³/mol. The minimum absolute atomic E-state index is 0.0873. The lowest BCUT2D eigenvalue weighted by atomic mass is 9.98. The van der Waals surface area contributed by atoms with Crippen molar-refractivity contribution in [1.82, 2.24) is 4.57 Å². The average molecular weight is 545 g/mol. The van der Waals surface area contributed by atoms with Crippen LogP contribution in [0.1, 0.15) is 53.1 Å². The number of carbonyl (C=O) groups excluding carboxylic acids is 3. The molecular weight excluding hydrogens is 516 g/mol. The van der Waals surface area contributed by atoms with Crippen molar-refractivity contribution in [2.75, 3.05) is 17.2 Å². The molecular formula is C30H29ClN4O4. The highest BCUT2D eigenvalue weighted by Gasteiger charge is 2.20. The number of amides is 2. The molecule has 0 bridgehead atoms. The predicted octanol–water partition coefficient (Wildman–Crippen LogP) is 6.29. The molecule has 2 amide bonds. The number of hydrogen-bond donors (Lipinski definition) is 3. The van der Waals surface area contributed by atoms with E-state index in [0.717, 1.165) is 0 Å². The number of rotatable bonds is 7. The van der Waals surface area contributed by atoms with E-state index in [2.05, 4.69) is 22.8 Å². The molecule has 1 aromatic heterocycles. The molecule has 5 rings (SSSR count). The van der Waals surface area contributed by atoms with E-state index >= 15 is 0 Å². The number of urea groups is 1. The van der Waals surface area contributed by atoms with Crippen molar-refractivity contribution in [3.8, 4) is 0 Å². The van der Waals surface area contributed by atoms with E-state index in [9.17, 15) is 14.4 Å². The standard InChI is InChI=1S/C30H29ClN4O4/c31-22-11-14-27-25(15-22)26(34-30(38)33-23-12-9-20(10-13-23)19-5-1-2-6-19)17-35(27)29(37)24-8-4-3-7-21(24)18-39-28(36)16-32/h3-4,7-15,17,19H,1-2,5-6,16,18,32H2,(H2,33,34,38). The van der Waals surface area contributed by atoms with Crippen LogP contribution < -0.4 is 16.4 Å². The SMILES string of the molecule is NCC(=O)OCc1ccccc1C(=O)n1cc(NC(=O)Nc2ccc(C3CCCC3)cc2)c2cc(Cl)ccc21. The molecule has 39 heavy (non-hydrogen) atoms. The zero-order valence-electron chi connectivity index (χ0n) is 21.3. The van der Waals surface area contributed by atoms with Gasteiger partial charge in [-0.1, -0.05) is 54.8 Å². The van der Waals surface area contributed by atoms with Crippen LogP contribution in [0.3, 0.4) is 0 Å². The molecule has 0 saturated heterocycles. The molecule has 8 nitrogen and oxygen atoms in total. The van der Waals surface area contributed by atoms with Crippen molar-refractivity contribution in [3.63, 3.8) is 0 Å². The highest BCUT2D eigenvalue weighted by Crippen LogP contribution is 2.34. The van der Waals surface area contributed by atoms with Gasteiger partial charge in [-0.3, -0.25) is 14.2 Å². The van der Waals surface area contributed by atoms with Crippen LogP contribution in [0, 0.1) is 0 Å². The van der Waals surface area contributed by atoms with Gasteiger partial charge < -0.3 is 21.1 Å². The summed E-state index contributed by atoms with van der Waals surface area (Å²) in [5.41, 5.74) is 9.18. The third kappa shape index (κ3) is 5.97. The molecule has 0 unspecified atom stereocenters. The first-order valence-electron chi connectivity index (χ1n) is 12.9. The molecule has 1 heterocycles. The molecule has 0 radical (unpaired) electrons. The van der Waals surface area contributed by atoms with Crippen molar-refractivity contribution in [3.05, 3.63) is 94.6 Å². The third-order valence-corrected chi connectivity index (χ3v) is 7.27. The van der Waals surface area contributed by atoms with Crippen molar-refractivity contribution >= 4 is 51.8 Å². The Hall–Kier alpha value is -4.14. The largest absolute Gasteiger partial charge is 0.460 e. The second-order valence-electron chi connectivity index (χ2n) is 9.58. The van der Waals surface area contributed by atoms with E-state index in [0.29, 0.717) is 44.3 Å². The number of nitrogens with zero attached hydrogens (tertiary/aromatic N) is 1. The normalized spacial score (nSPS) is 13.4. The molecule has 0 aliphatic heterocycles. The first-order chi connectivity index (χ1) is 18.9. The number of anilines is 2. The van der Waals surface area contributed by atoms with Gasteiger partial charge in [-0.05, 0) is 60.7 Å². The topological polar surface area (TPSA) is 115 Å². The van der Waals surface area contributed by atoms with E-state index in [1.165, 1.54) is 35.8 Å². The number of fused-ring (bicyclic) bond motifs is 1. The second kappa shape index (κ2) is 11.7. The fourth-order valence-corrected chi connectivity index (χ4v) is 5.23. The van der Waals surface area contributed by atoms with Crippen molar-refractivity contribution in [2.24, 2.45) is 5.73 Å². The van der Waals surface area contributed by atoms with Gasteiger partial charge in [0, 0.05) is 33.4 Å². The van der Waals surface area contributed by atoms with E-state index in [1.807, 2.05) is 12.1 Å². The van der Waals surface area contributed by atoms with Gasteiger partial charge in [-0.25, -0.2) is 4.79 Å². The van der Waals surface area contributed by atoms with Gasteiger partial charge in [0.05, 0.1) is 17.7 Å². The monoisotopic (exact) mass is 544 g/mol. The number of esters is 1. The number of ether oxygens (including phenoxy) is 1. The minimum atomic E-state index is -0.566. The number of nitrogens with two attached hydrogens (primary N) is 1. The summed E-state index contributed by atoms with van der Waals surface area (Å²) in [6, 6.07) is 19.5. The van der Waals surface area contributed by atoms with Gasteiger partial charge in [-0.2, -0.15) is 0 Å². The summed E-state index contributed by atoms with van der Waals surface area (Å²) in [5, 5.41) is 6.79. The summed E-state index contributed by atoms with van der Waals surface area (Å²) in [7, 11) is 0. The molecule has 200 valence electrons. The van der Waals surface area contributed by atoms with Crippen LogP contribution >= 0.6 is 11.6 Å². The summed E-state index contributed by atoms with van der Waals surface area (Å²) < 4.78 is 6.60. The van der Waals surface area contributed by atoms with Gasteiger partial charge in [0.25, 0.3) is 5.91 Å². The molecule has 9 heteroatoms. The van der Waals surface area contributed by atoms with Gasteiger partial charge in [0.1, 0.15) is 6.61 Å². The fraction of sp³-hybridized carbons (Fsp3) is 0.233. The summed E-state index contributed by atoms with van der Waals surface area (Å²) in [5.74, 6) is -0.319. The zero-order chi connectivity index (χ0) is 27.4. The maximum absolute atomic E-state index is 13.6. The van der Waals surface area contributed by atoms with Crippen molar-refractivity contribution in [2.45, 2.75) is 38.2 Å². The van der Waals surface area contributed by atoms with Crippen molar-refractivity contribution in [1.29, 1.82) is 0 Å². The number of carbonyl (C=O) groups is 3. The lowest BCUT2D eigenvalue weighted by Crippen LogP contribution is -2.19. The number of nitrogens with one attached hydrogen (secondary N) is 2. The first-order valence-corrected chi connectivity index (χ1v) is 13.3. The molecule has 3 aromatic carbocycles. The molecule has 1 aliphatic rings. The van der Waals surface area contributed by atoms with E-state index in [-0.39, 0.29) is 19.1 Å². The molecule has 1 saturated carbocycles. The third-order valence-electron chi connectivity index (χ3n) is 7.03. The van der Waals surface area contributed by atoms with Gasteiger partial charge in [0.15, 0.2) is 0 Å². The number of halogens is 1. The zero-order valence-corrected chi connectivity index (χ0v) is 22.0. The summed E-state index contributed by atoms with van der Waals surface area (Å²) in [6.07, 6.45) is 6.51. The minimum Gasteiger partial charge on any atom is -0.460 e. The van der Waals surface area contributed by atoms with Crippen LogP contribution in [0.15, 0.2) is 72.9 Å². The second-order valence-corrected chi connectivity index (χ2v) is 10.0. The number of benzene rings is 3. The Morgan fingerprint density at radius 2 is 1.72 bits per heavy atom. The molecule has 0 spiro atoms. The van der Waals surface area contributed by atoms with Crippen LogP contribution in [-0.4, -0.2) is 29.0 Å². The lowest BCUT2D eigenvalue weighted by Gasteiger charge is -2.11. The Bertz CT molecular complexity index is 1520. The fourth-order valence-electron chi connectivity index (χ4n) is 5.05. The Labute approximate surface area is 231 Å². The molecule has 1 fully saturated rings. The quantitative estimate of drug-likeness (QED) is 0.237. The Kier molecular flexibility index (Phi) is 7.95. The maximum Gasteiger partial charge on any atom is 0.323 e. The summed E-state index contributed by atoms with van der Waals surface area (Å²) >= 11 is 6.26.